The number of methoxy groups -OCH3 is 1. The van der Waals surface area contributed by atoms with E-state index in [-0.39, 0.29) is 11.6 Å². The number of anilines is 1. The molecule has 0 spiro atoms. The molecule has 1 saturated carbocycles. The molecule has 0 heterocycles. The number of halogens is 1. The topological polar surface area (TPSA) is 47.3 Å². The molecule has 0 radical (unpaired) electrons. The summed E-state index contributed by atoms with van der Waals surface area (Å²) in [4.78, 5) is 0. The molecule has 1 fully saturated rings. The zero-order valence-electron chi connectivity index (χ0n) is 10.8. The molecule has 0 bridgehead atoms. The minimum Gasteiger partial charge on any atom is -0.379 e. The van der Waals surface area contributed by atoms with Crippen molar-refractivity contribution in [2.45, 2.75) is 37.3 Å². The summed E-state index contributed by atoms with van der Waals surface area (Å²) < 4.78 is 5.62. The van der Waals surface area contributed by atoms with E-state index in [1.54, 1.807) is 7.11 Å². The van der Waals surface area contributed by atoms with Gasteiger partial charge in [0.15, 0.2) is 0 Å². The molecule has 1 aromatic rings. The number of benzene rings is 1. The Morgan fingerprint density at radius 3 is 3.00 bits per heavy atom. The first-order valence-electron chi connectivity index (χ1n) is 6.47. The maximum absolute atomic E-state index is 6.02. The fourth-order valence-electron chi connectivity index (χ4n) is 2.83. The second-order valence-corrected chi connectivity index (χ2v) is 5.40. The third kappa shape index (κ3) is 2.79. The van der Waals surface area contributed by atoms with Gasteiger partial charge in [0.25, 0.3) is 0 Å². The largest absolute Gasteiger partial charge is 0.379 e. The van der Waals surface area contributed by atoms with E-state index in [4.69, 9.17) is 22.1 Å². The fourth-order valence-corrected chi connectivity index (χ4v) is 3.02. The Morgan fingerprint density at radius 2 is 2.33 bits per heavy atom. The second kappa shape index (κ2) is 5.91. The summed E-state index contributed by atoms with van der Waals surface area (Å²) in [6.07, 6.45) is 4.65. The van der Waals surface area contributed by atoms with Crippen molar-refractivity contribution >= 4 is 17.3 Å². The molecular formula is C14H21ClN2O. The zero-order chi connectivity index (χ0) is 13.0. The van der Waals surface area contributed by atoms with E-state index in [2.05, 4.69) is 5.32 Å². The fraction of sp³-hybridized carbons (Fsp3) is 0.571. The first-order valence-corrected chi connectivity index (χ1v) is 6.84. The summed E-state index contributed by atoms with van der Waals surface area (Å²) in [5, 5.41) is 4.28. The Hall–Kier alpha value is -0.770. The minimum absolute atomic E-state index is 0.162. The Labute approximate surface area is 114 Å². The van der Waals surface area contributed by atoms with Gasteiger partial charge in [0.2, 0.25) is 0 Å². The molecule has 2 unspecified atom stereocenters. The Morgan fingerprint density at radius 1 is 1.50 bits per heavy atom. The van der Waals surface area contributed by atoms with Crippen molar-refractivity contribution < 1.29 is 4.74 Å². The molecule has 3 nitrogen and oxygen atoms in total. The predicted molar refractivity (Wildman–Crippen MR) is 76.1 cm³/mol. The molecule has 4 heteroatoms. The summed E-state index contributed by atoms with van der Waals surface area (Å²) in [7, 11) is 1.76. The van der Waals surface area contributed by atoms with Crippen LogP contribution in [0.15, 0.2) is 24.3 Å². The molecule has 1 aromatic carbocycles. The van der Waals surface area contributed by atoms with Crippen molar-refractivity contribution in [3.63, 3.8) is 0 Å². The third-order valence-corrected chi connectivity index (χ3v) is 4.06. The van der Waals surface area contributed by atoms with Gasteiger partial charge >= 0.3 is 0 Å². The molecule has 100 valence electrons. The van der Waals surface area contributed by atoms with Crippen LogP contribution in [-0.2, 0) is 4.74 Å². The molecule has 0 amide bonds. The highest BCUT2D eigenvalue weighted by atomic mass is 35.5. The standard InChI is InChI=1S/C14H21ClN2O/c1-18-13-7-2-3-8-14(13,10-16)17-12-6-4-5-11(15)9-12/h4-6,9,13,17H,2-3,7-8,10,16H2,1H3. The lowest BCUT2D eigenvalue weighted by Gasteiger charge is -2.44. The second-order valence-electron chi connectivity index (χ2n) is 4.97. The highest BCUT2D eigenvalue weighted by molar-refractivity contribution is 6.30. The van der Waals surface area contributed by atoms with Gasteiger partial charge < -0.3 is 15.8 Å². The van der Waals surface area contributed by atoms with Crippen LogP contribution in [0.3, 0.4) is 0 Å². The molecule has 0 aromatic heterocycles. The number of rotatable bonds is 4. The molecule has 1 aliphatic carbocycles. The minimum atomic E-state index is -0.169. The molecule has 1 aliphatic rings. The summed E-state index contributed by atoms with van der Waals surface area (Å²) in [5.41, 5.74) is 6.86. The number of ether oxygens (including phenoxy) is 1. The van der Waals surface area contributed by atoms with Gasteiger partial charge in [0, 0.05) is 24.4 Å². The van der Waals surface area contributed by atoms with Crippen LogP contribution in [0.1, 0.15) is 25.7 Å². The van der Waals surface area contributed by atoms with Gasteiger partial charge in [-0.1, -0.05) is 30.5 Å². The molecule has 3 N–H and O–H groups in total. The lowest BCUT2D eigenvalue weighted by molar-refractivity contribution is 0.0190. The first-order chi connectivity index (χ1) is 8.70. The number of nitrogens with one attached hydrogen (secondary N) is 1. The van der Waals surface area contributed by atoms with E-state index >= 15 is 0 Å². The van der Waals surface area contributed by atoms with E-state index < -0.39 is 0 Å². The van der Waals surface area contributed by atoms with Crippen LogP contribution < -0.4 is 11.1 Å². The number of nitrogens with two attached hydrogens (primary N) is 1. The van der Waals surface area contributed by atoms with Crippen LogP contribution in [0.4, 0.5) is 5.69 Å². The molecule has 0 saturated heterocycles. The van der Waals surface area contributed by atoms with Crippen molar-refractivity contribution in [1.82, 2.24) is 0 Å². The van der Waals surface area contributed by atoms with Crippen molar-refractivity contribution in [3.8, 4) is 0 Å². The van der Waals surface area contributed by atoms with Gasteiger partial charge in [0.1, 0.15) is 0 Å². The maximum Gasteiger partial charge on any atom is 0.0813 e. The molecule has 0 aliphatic heterocycles. The Kier molecular flexibility index (Phi) is 4.49. The lowest BCUT2D eigenvalue weighted by atomic mass is 9.78. The van der Waals surface area contributed by atoms with Gasteiger partial charge in [-0.05, 0) is 31.0 Å². The summed E-state index contributed by atoms with van der Waals surface area (Å²) in [6, 6.07) is 7.76. The van der Waals surface area contributed by atoms with Crippen molar-refractivity contribution in [3.05, 3.63) is 29.3 Å². The first kappa shape index (κ1) is 13.7. The highest BCUT2D eigenvalue weighted by Crippen LogP contribution is 2.33. The Bertz CT molecular complexity index is 399. The smallest absolute Gasteiger partial charge is 0.0813 e. The van der Waals surface area contributed by atoms with Gasteiger partial charge in [0.05, 0.1) is 11.6 Å². The van der Waals surface area contributed by atoms with Crippen molar-refractivity contribution in [2.24, 2.45) is 5.73 Å². The zero-order valence-corrected chi connectivity index (χ0v) is 11.5. The van der Waals surface area contributed by atoms with E-state index in [0.717, 1.165) is 23.6 Å². The van der Waals surface area contributed by atoms with E-state index in [0.29, 0.717) is 6.54 Å². The normalized spacial score (nSPS) is 28.1. The van der Waals surface area contributed by atoms with Crippen LogP contribution in [0.2, 0.25) is 5.02 Å². The van der Waals surface area contributed by atoms with Crippen molar-refractivity contribution in [1.29, 1.82) is 0 Å². The molecule has 2 rings (SSSR count). The summed E-state index contributed by atoms with van der Waals surface area (Å²) >= 11 is 6.02. The van der Waals surface area contributed by atoms with E-state index in [1.165, 1.54) is 12.8 Å². The monoisotopic (exact) mass is 268 g/mol. The van der Waals surface area contributed by atoms with Gasteiger partial charge in [-0.2, -0.15) is 0 Å². The van der Waals surface area contributed by atoms with Crippen LogP contribution in [0, 0.1) is 0 Å². The number of hydrogen-bond acceptors (Lipinski definition) is 3. The third-order valence-electron chi connectivity index (χ3n) is 3.82. The SMILES string of the molecule is COC1CCCCC1(CN)Nc1cccc(Cl)c1. The van der Waals surface area contributed by atoms with Crippen LogP contribution in [0.25, 0.3) is 0 Å². The van der Waals surface area contributed by atoms with Crippen LogP contribution in [0.5, 0.6) is 0 Å². The van der Waals surface area contributed by atoms with Crippen molar-refractivity contribution in [2.75, 3.05) is 19.0 Å². The molecular weight excluding hydrogens is 248 g/mol. The molecule has 2 atom stereocenters. The average Bonchev–Trinajstić information content (AvgIpc) is 2.39. The number of hydrogen-bond donors (Lipinski definition) is 2. The summed E-state index contributed by atoms with van der Waals surface area (Å²) in [6.45, 7) is 0.567. The van der Waals surface area contributed by atoms with Crippen LogP contribution in [-0.4, -0.2) is 25.3 Å². The average molecular weight is 269 g/mol. The predicted octanol–water partition coefficient (Wildman–Crippen LogP) is 3.04. The highest BCUT2D eigenvalue weighted by Gasteiger charge is 2.39. The van der Waals surface area contributed by atoms with Crippen LogP contribution >= 0.6 is 11.6 Å². The van der Waals surface area contributed by atoms with Gasteiger partial charge in [-0.15, -0.1) is 0 Å². The van der Waals surface area contributed by atoms with Gasteiger partial charge in [-0.3, -0.25) is 0 Å². The van der Waals surface area contributed by atoms with E-state index in [1.807, 2.05) is 24.3 Å². The Balaban J connectivity index is 2.21. The summed E-state index contributed by atoms with van der Waals surface area (Å²) in [5.74, 6) is 0. The van der Waals surface area contributed by atoms with Gasteiger partial charge in [-0.25, -0.2) is 0 Å². The lowest BCUT2D eigenvalue weighted by Crippen LogP contribution is -2.57. The molecule has 18 heavy (non-hydrogen) atoms. The quantitative estimate of drug-likeness (QED) is 0.882. The maximum atomic E-state index is 6.02. The van der Waals surface area contributed by atoms with E-state index in [9.17, 15) is 0 Å².